The molecule has 0 aliphatic carbocycles. The second-order valence-corrected chi connectivity index (χ2v) is 10.2. The van der Waals surface area contributed by atoms with Gasteiger partial charge in [0.25, 0.3) is 5.91 Å². The predicted molar refractivity (Wildman–Crippen MR) is 139 cm³/mol. The van der Waals surface area contributed by atoms with Crippen LogP contribution in [0.2, 0.25) is 0 Å². The van der Waals surface area contributed by atoms with Crippen molar-refractivity contribution in [3.8, 4) is 0 Å². The maximum absolute atomic E-state index is 13.1. The number of esters is 1. The van der Waals surface area contributed by atoms with Gasteiger partial charge in [0, 0.05) is 28.4 Å². The molecular formula is C26H27N3O3S2. The van der Waals surface area contributed by atoms with E-state index in [1.165, 1.54) is 23.3 Å². The highest BCUT2D eigenvalue weighted by Gasteiger charge is 2.23. The van der Waals surface area contributed by atoms with Gasteiger partial charge in [-0.2, -0.15) is 0 Å². The molecule has 0 aliphatic rings. The van der Waals surface area contributed by atoms with E-state index in [2.05, 4.69) is 41.7 Å². The van der Waals surface area contributed by atoms with Crippen LogP contribution in [0.5, 0.6) is 0 Å². The summed E-state index contributed by atoms with van der Waals surface area (Å²) < 4.78 is 4.99. The summed E-state index contributed by atoms with van der Waals surface area (Å²) in [4.78, 5) is 35.0. The number of methoxy groups -OCH3 is 1. The van der Waals surface area contributed by atoms with E-state index in [0.717, 1.165) is 22.2 Å². The van der Waals surface area contributed by atoms with E-state index in [-0.39, 0.29) is 11.9 Å². The van der Waals surface area contributed by atoms with E-state index in [1.807, 2.05) is 38.1 Å². The number of nitrogens with one attached hydrogen (secondary N) is 1. The van der Waals surface area contributed by atoms with Crippen molar-refractivity contribution in [2.75, 3.05) is 19.5 Å². The van der Waals surface area contributed by atoms with Gasteiger partial charge in [-0.15, -0.1) is 22.7 Å². The number of hydrogen-bond donors (Lipinski definition) is 1. The van der Waals surface area contributed by atoms with Gasteiger partial charge in [-0.05, 0) is 68.6 Å². The smallest absolute Gasteiger partial charge is 0.350 e. The van der Waals surface area contributed by atoms with Crippen LogP contribution in [0.25, 0.3) is 10.2 Å². The van der Waals surface area contributed by atoms with Crippen molar-refractivity contribution in [1.29, 1.82) is 0 Å². The molecule has 6 nitrogen and oxygen atoms in total. The minimum absolute atomic E-state index is 0.263. The third kappa shape index (κ3) is 4.75. The molecule has 4 rings (SSSR count). The van der Waals surface area contributed by atoms with Gasteiger partial charge in [0.15, 0.2) is 0 Å². The van der Waals surface area contributed by atoms with E-state index in [4.69, 9.17) is 9.72 Å². The first-order valence-electron chi connectivity index (χ1n) is 10.9. The van der Waals surface area contributed by atoms with Gasteiger partial charge in [0.2, 0.25) is 0 Å². The maximum atomic E-state index is 13.1. The fraction of sp³-hybridized carbons (Fsp3) is 0.269. The number of anilines is 1. The van der Waals surface area contributed by atoms with Crippen molar-refractivity contribution in [2.45, 2.75) is 33.4 Å². The van der Waals surface area contributed by atoms with Crippen molar-refractivity contribution in [1.82, 2.24) is 9.88 Å². The van der Waals surface area contributed by atoms with Crippen LogP contribution in [0.15, 0.2) is 47.8 Å². The van der Waals surface area contributed by atoms with Gasteiger partial charge < -0.3 is 10.1 Å². The Hall–Kier alpha value is -3.07. The number of pyridine rings is 1. The van der Waals surface area contributed by atoms with Crippen LogP contribution < -0.4 is 5.32 Å². The Morgan fingerprint density at radius 1 is 1.15 bits per heavy atom. The molecule has 0 bridgehead atoms. The highest BCUT2D eigenvalue weighted by molar-refractivity contribution is 7.21. The molecule has 8 heteroatoms. The normalized spacial score (nSPS) is 12.2. The van der Waals surface area contributed by atoms with Crippen molar-refractivity contribution in [2.24, 2.45) is 0 Å². The molecule has 4 aromatic rings. The fourth-order valence-electron chi connectivity index (χ4n) is 3.78. The van der Waals surface area contributed by atoms with Crippen molar-refractivity contribution < 1.29 is 14.3 Å². The van der Waals surface area contributed by atoms with Gasteiger partial charge in [-0.25, -0.2) is 9.78 Å². The standard InChI is InChI=1S/C26H27N3O3S2/c1-15-8-6-9-19(16(15)2)24(30)28-22-20-12-11-18(27-25(20)34-23(22)26(31)32-5)14-29(4)17(3)21-10-7-13-33-21/h6-13,17H,14H2,1-5H3,(H,28,30). The van der Waals surface area contributed by atoms with Gasteiger partial charge in [-0.1, -0.05) is 18.2 Å². The van der Waals surface area contributed by atoms with Crippen molar-refractivity contribution >= 4 is 50.5 Å². The third-order valence-corrected chi connectivity index (χ3v) is 8.22. The Morgan fingerprint density at radius 2 is 1.94 bits per heavy atom. The van der Waals surface area contributed by atoms with Crippen LogP contribution in [0.4, 0.5) is 5.69 Å². The number of amides is 1. The van der Waals surface area contributed by atoms with Gasteiger partial charge in [-0.3, -0.25) is 9.69 Å². The molecule has 1 aromatic carbocycles. The van der Waals surface area contributed by atoms with E-state index < -0.39 is 5.97 Å². The van der Waals surface area contributed by atoms with Gasteiger partial charge in [0.1, 0.15) is 9.71 Å². The lowest BCUT2D eigenvalue weighted by molar-refractivity contribution is 0.0607. The first kappa shape index (κ1) is 24.1. The molecule has 1 unspecified atom stereocenters. The number of hydrogen-bond acceptors (Lipinski definition) is 7. The molecule has 0 saturated heterocycles. The highest BCUT2D eigenvalue weighted by atomic mass is 32.1. The summed E-state index contributed by atoms with van der Waals surface area (Å²) in [7, 11) is 3.41. The third-order valence-electron chi connectivity index (χ3n) is 6.10. The molecule has 1 atom stereocenters. The van der Waals surface area contributed by atoms with E-state index in [1.54, 1.807) is 17.4 Å². The summed E-state index contributed by atoms with van der Waals surface area (Å²) in [6.45, 7) is 6.71. The predicted octanol–water partition coefficient (Wildman–Crippen LogP) is 6.21. The second kappa shape index (κ2) is 10.0. The fourth-order valence-corrected chi connectivity index (χ4v) is 5.70. The monoisotopic (exact) mass is 493 g/mol. The second-order valence-electron chi connectivity index (χ2n) is 8.26. The Labute approximate surface area is 207 Å². The SMILES string of the molecule is COC(=O)c1sc2nc(CN(C)C(C)c3cccs3)ccc2c1NC(=O)c1cccc(C)c1C. The molecular weight excluding hydrogens is 466 g/mol. The zero-order valence-electron chi connectivity index (χ0n) is 19.8. The zero-order chi connectivity index (χ0) is 24.4. The average molecular weight is 494 g/mol. The summed E-state index contributed by atoms with van der Waals surface area (Å²) in [5.41, 5.74) is 3.84. The number of ether oxygens (including phenoxy) is 1. The number of aryl methyl sites for hydroxylation is 1. The molecule has 0 aliphatic heterocycles. The molecule has 0 spiro atoms. The highest BCUT2D eigenvalue weighted by Crippen LogP contribution is 2.36. The Morgan fingerprint density at radius 3 is 2.65 bits per heavy atom. The molecule has 0 saturated carbocycles. The lowest BCUT2D eigenvalue weighted by Crippen LogP contribution is -2.21. The zero-order valence-corrected chi connectivity index (χ0v) is 21.5. The van der Waals surface area contributed by atoms with E-state index in [0.29, 0.717) is 27.5 Å². The lowest BCUT2D eigenvalue weighted by atomic mass is 10.0. The first-order chi connectivity index (χ1) is 16.3. The minimum atomic E-state index is -0.496. The van der Waals surface area contributed by atoms with Crippen molar-refractivity contribution in [3.63, 3.8) is 0 Å². The Bertz CT molecular complexity index is 1350. The number of benzene rings is 1. The largest absolute Gasteiger partial charge is 0.465 e. The quantitative estimate of drug-likeness (QED) is 0.310. The Balaban J connectivity index is 1.65. The van der Waals surface area contributed by atoms with Gasteiger partial charge >= 0.3 is 5.97 Å². The molecule has 34 heavy (non-hydrogen) atoms. The summed E-state index contributed by atoms with van der Waals surface area (Å²) >= 11 is 2.97. The minimum Gasteiger partial charge on any atom is -0.465 e. The number of carbonyl (C=O) groups is 2. The van der Waals surface area contributed by atoms with Crippen LogP contribution in [-0.4, -0.2) is 35.9 Å². The Kier molecular flexibility index (Phi) is 7.11. The molecule has 0 fully saturated rings. The number of nitrogens with zero attached hydrogens (tertiary/aromatic N) is 2. The summed E-state index contributed by atoms with van der Waals surface area (Å²) in [6, 6.07) is 13.9. The molecule has 3 heterocycles. The summed E-state index contributed by atoms with van der Waals surface area (Å²) in [6.07, 6.45) is 0. The first-order valence-corrected chi connectivity index (χ1v) is 12.6. The molecule has 0 radical (unpaired) electrons. The molecule has 1 N–H and O–H groups in total. The number of fused-ring (bicyclic) bond motifs is 1. The average Bonchev–Trinajstić information content (AvgIpc) is 3.48. The maximum Gasteiger partial charge on any atom is 0.350 e. The number of aromatic nitrogens is 1. The van der Waals surface area contributed by atoms with Crippen LogP contribution in [0.3, 0.4) is 0 Å². The van der Waals surface area contributed by atoms with E-state index in [9.17, 15) is 9.59 Å². The molecule has 3 aromatic heterocycles. The van der Waals surface area contributed by atoms with E-state index >= 15 is 0 Å². The summed E-state index contributed by atoms with van der Waals surface area (Å²) in [5, 5.41) is 5.76. The van der Waals surface area contributed by atoms with Crippen LogP contribution >= 0.6 is 22.7 Å². The van der Waals surface area contributed by atoms with Crippen LogP contribution in [-0.2, 0) is 11.3 Å². The van der Waals surface area contributed by atoms with Crippen molar-refractivity contribution in [3.05, 3.63) is 80.0 Å². The molecule has 176 valence electrons. The van der Waals surface area contributed by atoms with Gasteiger partial charge in [0.05, 0.1) is 18.5 Å². The van der Waals surface area contributed by atoms with Crippen LogP contribution in [0.1, 0.15) is 54.7 Å². The number of carbonyl (C=O) groups excluding carboxylic acids is 2. The number of thiophene rings is 2. The molecule has 1 amide bonds. The number of rotatable bonds is 7. The lowest BCUT2D eigenvalue weighted by Gasteiger charge is -2.23. The summed E-state index contributed by atoms with van der Waals surface area (Å²) in [5.74, 6) is -0.760. The topological polar surface area (TPSA) is 71.5 Å². The van der Waals surface area contributed by atoms with Crippen LogP contribution in [0, 0.1) is 13.8 Å².